The Bertz CT molecular complexity index is 528. The van der Waals surface area contributed by atoms with Crippen LogP contribution in [-0.4, -0.2) is 38.0 Å². The van der Waals surface area contributed by atoms with E-state index in [1.165, 1.54) is 4.90 Å². The lowest BCUT2D eigenvalue weighted by atomic mass is 9.96. The topological polar surface area (TPSA) is 58.6 Å². The van der Waals surface area contributed by atoms with Gasteiger partial charge >= 0.3 is 0 Å². The molecule has 1 amide bonds. The highest BCUT2D eigenvalue weighted by Gasteiger charge is 2.39. The normalized spacial score (nSPS) is 18.1. The van der Waals surface area contributed by atoms with E-state index in [1.54, 1.807) is 20.0 Å². The summed E-state index contributed by atoms with van der Waals surface area (Å²) in [7, 11) is 1.67. The quantitative estimate of drug-likeness (QED) is 0.836. The number of likely N-dealkylation sites (N-methyl/N-ethyl adjacent to an activating group) is 1. The van der Waals surface area contributed by atoms with Gasteiger partial charge in [0.25, 0.3) is 5.91 Å². The number of Topliss-reactive ketones (excluding diaryl/α,β-unsaturated/α-hetero) is 1. The van der Waals surface area contributed by atoms with Gasteiger partial charge in [0.2, 0.25) is 5.78 Å². The molecular weight excluding hydrogens is 256 g/mol. The van der Waals surface area contributed by atoms with Crippen molar-refractivity contribution in [2.75, 3.05) is 30.4 Å². The third-order valence-corrected chi connectivity index (χ3v) is 3.34. The molecule has 108 valence electrons. The fourth-order valence-corrected chi connectivity index (χ4v) is 2.34. The number of carbonyl (C=O) groups excluding carboxylic acids is 2. The molecule has 20 heavy (non-hydrogen) atoms. The molecule has 0 bridgehead atoms. The molecule has 0 aromatic heterocycles. The van der Waals surface area contributed by atoms with Crippen LogP contribution >= 0.6 is 0 Å². The first-order valence-corrected chi connectivity index (χ1v) is 6.92. The minimum absolute atomic E-state index is 0.260. The van der Waals surface area contributed by atoms with Gasteiger partial charge in [-0.1, -0.05) is 13.0 Å². The Kier molecular flexibility index (Phi) is 4.39. The Morgan fingerprint density at radius 1 is 1.30 bits per heavy atom. The summed E-state index contributed by atoms with van der Waals surface area (Å²) in [4.78, 5) is 26.2. The Hall–Kier alpha value is -1.88. The zero-order valence-corrected chi connectivity index (χ0v) is 12.1. The lowest BCUT2D eigenvalue weighted by molar-refractivity contribution is -0.127. The highest BCUT2D eigenvalue weighted by Crippen LogP contribution is 2.33. The molecule has 1 aliphatic rings. The fourth-order valence-electron chi connectivity index (χ4n) is 2.34. The Labute approximate surface area is 118 Å². The van der Waals surface area contributed by atoms with Crippen molar-refractivity contribution in [3.8, 4) is 0 Å². The van der Waals surface area contributed by atoms with Gasteiger partial charge in [-0.2, -0.15) is 0 Å². The van der Waals surface area contributed by atoms with E-state index in [0.29, 0.717) is 17.9 Å². The van der Waals surface area contributed by atoms with Gasteiger partial charge in [0, 0.05) is 25.9 Å². The van der Waals surface area contributed by atoms with Crippen molar-refractivity contribution in [2.24, 2.45) is 0 Å². The predicted molar refractivity (Wildman–Crippen MR) is 78.4 cm³/mol. The van der Waals surface area contributed by atoms with Crippen molar-refractivity contribution >= 4 is 23.1 Å². The van der Waals surface area contributed by atoms with Crippen molar-refractivity contribution in [3.05, 3.63) is 23.8 Å². The number of hydrogen-bond donors (Lipinski definition) is 1. The number of hydrogen-bond acceptors (Lipinski definition) is 4. The van der Waals surface area contributed by atoms with Crippen molar-refractivity contribution in [3.63, 3.8) is 0 Å². The summed E-state index contributed by atoms with van der Waals surface area (Å²) in [6.07, 6.45) is -0.0660. The molecular formula is C15H20N2O3. The lowest BCUT2D eigenvalue weighted by Crippen LogP contribution is -2.48. The molecule has 1 atom stereocenters. The second kappa shape index (κ2) is 6.05. The summed E-state index contributed by atoms with van der Waals surface area (Å²) in [6.45, 7) is 4.94. The first-order valence-electron chi connectivity index (χ1n) is 6.92. The van der Waals surface area contributed by atoms with Crippen molar-refractivity contribution in [1.82, 2.24) is 0 Å². The van der Waals surface area contributed by atoms with Gasteiger partial charge in [-0.25, -0.2) is 0 Å². The molecule has 0 saturated carbocycles. The number of fused-ring (bicyclic) bond motifs is 1. The van der Waals surface area contributed by atoms with E-state index in [1.807, 2.05) is 12.1 Å². The van der Waals surface area contributed by atoms with Crippen LogP contribution in [-0.2, 0) is 9.53 Å². The molecule has 1 unspecified atom stereocenters. The Morgan fingerprint density at radius 2 is 2.05 bits per heavy atom. The van der Waals surface area contributed by atoms with Gasteiger partial charge < -0.3 is 15.0 Å². The zero-order valence-electron chi connectivity index (χ0n) is 12.1. The second-order valence-electron chi connectivity index (χ2n) is 4.72. The maximum atomic E-state index is 12.5. The number of ether oxygens (including phenoxy) is 1. The van der Waals surface area contributed by atoms with Gasteiger partial charge in [-0.15, -0.1) is 0 Å². The van der Waals surface area contributed by atoms with Crippen LogP contribution in [0.1, 0.15) is 30.6 Å². The summed E-state index contributed by atoms with van der Waals surface area (Å²) in [5.41, 5.74) is 1.94. The Balaban J connectivity index is 2.46. The van der Waals surface area contributed by atoms with E-state index in [9.17, 15) is 9.59 Å². The number of amides is 1. The highest BCUT2D eigenvalue weighted by molar-refractivity contribution is 6.25. The molecule has 1 aromatic rings. The van der Waals surface area contributed by atoms with Crippen LogP contribution in [0, 0.1) is 0 Å². The summed E-state index contributed by atoms with van der Waals surface area (Å²) in [6, 6.07) is 5.48. The van der Waals surface area contributed by atoms with Crippen LogP contribution in [0.5, 0.6) is 0 Å². The molecule has 0 saturated heterocycles. The molecule has 0 radical (unpaired) electrons. The monoisotopic (exact) mass is 276 g/mol. The molecule has 1 heterocycles. The van der Waals surface area contributed by atoms with Gasteiger partial charge in [-0.3, -0.25) is 9.59 Å². The van der Waals surface area contributed by atoms with Gasteiger partial charge in [0.1, 0.15) is 0 Å². The third kappa shape index (κ3) is 2.41. The van der Waals surface area contributed by atoms with Crippen LogP contribution in [0.15, 0.2) is 18.2 Å². The summed E-state index contributed by atoms with van der Waals surface area (Å²) < 4.78 is 5.33. The first kappa shape index (κ1) is 14.5. The van der Waals surface area contributed by atoms with Gasteiger partial charge in [0.05, 0.1) is 11.3 Å². The summed E-state index contributed by atoms with van der Waals surface area (Å²) >= 11 is 0. The molecule has 5 nitrogen and oxygen atoms in total. The zero-order chi connectivity index (χ0) is 14.7. The molecule has 0 fully saturated rings. The maximum Gasteiger partial charge on any atom is 0.264 e. The van der Waals surface area contributed by atoms with Crippen molar-refractivity contribution < 1.29 is 14.3 Å². The molecule has 1 aromatic carbocycles. The van der Waals surface area contributed by atoms with E-state index in [2.05, 4.69) is 12.2 Å². The lowest BCUT2D eigenvalue weighted by Gasteiger charge is -2.31. The molecule has 0 spiro atoms. The third-order valence-electron chi connectivity index (χ3n) is 3.34. The molecule has 1 aliphatic heterocycles. The number of rotatable bonds is 5. The number of nitrogens with one attached hydrogen (secondary N) is 1. The van der Waals surface area contributed by atoms with E-state index < -0.39 is 6.10 Å². The second-order valence-corrected chi connectivity index (χ2v) is 4.72. The number of benzene rings is 1. The highest BCUT2D eigenvalue weighted by atomic mass is 16.5. The number of nitrogens with zero attached hydrogens (tertiary/aromatic N) is 1. The average molecular weight is 276 g/mol. The van der Waals surface area contributed by atoms with Gasteiger partial charge in [-0.05, 0) is 25.5 Å². The summed E-state index contributed by atoms with van der Waals surface area (Å²) in [5.74, 6) is -0.568. The predicted octanol–water partition coefficient (Wildman–Crippen LogP) is 2.07. The standard InChI is InChI=1S/C15H20N2O3/c1-4-9-16-10-7-6-8-11-12(10)13(18)14(20-5-2)15(19)17(11)3/h6-8,14,16H,4-5,9H2,1-3H3. The first-order chi connectivity index (χ1) is 9.61. The van der Waals surface area contributed by atoms with Crippen LogP contribution in [0.2, 0.25) is 0 Å². The van der Waals surface area contributed by atoms with Crippen molar-refractivity contribution in [1.29, 1.82) is 0 Å². The van der Waals surface area contributed by atoms with Crippen LogP contribution in [0.4, 0.5) is 11.4 Å². The van der Waals surface area contributed by atoms with E-state index >= 15 is 0 Å². The van der Waals surface area contributed by atoms with E-state index in [0.717, 1.165) is 18.7 Å². The molecule has 5 heteroatoms. The molecule has 1 N–H and O–H groups in total. The van der Waals surface area contributed by atoms with Crippen LogP contribution in [0.25, 0.3) is 0 Å². The smallest absolute Gasteiger partial charge is 0.264 e. The van der Waals surface area contributed by atoms with Gasteiger partial charge in [0.15, 0.2) is 6.10 Å². The SMILES string of the molecule is CCCNc1cccc2c1C(=O)C(OCC)C(=O)N2C. The average Bonchev–Trinajstić information content (AvgIpc) is 2.46. The minimum Gasteiger partial charge on any atom is -0.384 e. The minimum atomic E-state index is -1.03. The largest absolute Gasteiger partial charge is 0.384 e. The van der Waals surface area contributed by atoms with Crippen molar-refractivity contribution in [2.45, 2.75) is 26.4 Å². The number of ketones is 1. The Morgan fingerprint density at radius 3 is 2.70 bits per heavy atom. The van der Waals surface area contributed by atoms with E-state index in [4.69, 9.17) is 4.74 Å². The number of carbonyl (C=O) groups is 2. The maximum absolute atomic E-state index is 12.5. The van der Waals surface area contributed by atoms with Crippen LogP contribution in [0.3, 0.4) is 0 Å². The van der Waals surface area contributed by atoms with E-state index in [-0.39, 0.29) is 11.7 Å². The summed E-state index contributed by atoms with van der Waals surface area (Å²) in [5, 5.41) is 3.24. The molecule has 2 rings (SSSR count). The fraction of sp³-hybridized carbons (Fsp3) is 0.467. The van der Waals surface area contributed by atoms with Crippen LogP contribution < -0.4 is 10.2 Å². The molecule has 0 aliphatic carbocycles. The number of anilines is 2.